The summed E-state index contributed by atoms with van der Waals surface area (Å²) in [6.07, 6.45) is -1.17. The molecule has 1 fully saturated rings. The molecule has 1 unspecified atom stereocenters. The van der Waals surface area contributed by atoms with Gasteiger partial charge in [0.25, 0.3) is 0 Å². The molecule has 1 aliphatic rings. The second-order valence-corrected chi connectivity index (χ2v) is 8.24. The fourth-order valence-corrected chi connectivity index (χ4v) is 3.62. The Kier molecular flexibility index (Phi) is 6.18. The lowest BCUT2D eigenvalue weighted by Crippen LogP contribution is -2.27. The van der Waals surface area contributed by atoms with E-state index in [9.17, 15) is 22.4 Å². The number of urea groups is 1. The van der Waals surface area contributed by atoms with Crippen molar-refractivity contribution in [1.82, 2.24) is 14.9 Å². The molecule has 1 aliphatic heterocycles. The summed E-state index contributed by atoms with van der Waals surface area (Å²) in [6.45, 7) is 1.10. The highest BCUT2D eigenvalue weighted by atomic mass is 32.2. The minimum Gasteiger partial charge on any atom is -0.491 e. The average Bonchev–Trinajstić information content (AvgIpc) is 3.24. The first kappa shape index (κ1) is 20.8. The van der Waals surface area contributed by atoms with E-state index in [4.69, 9.17) is 9.15 Å². The van der Waals surface area contributed by atoms with Crippen LogP contribution in [0, 0.1) is 0 Å². The zero-order valence-corrected chi connectivity index (χ0v) is 16.4. The first-order chi connectivity index (χ1) is 13.7. The van der Waals surface area contributed by atoms with Crippen molar-refractivity contribution in [1.29, 1.82) is 0 Å². The number of hydrogen-bond acceptors (Lipinski definition) is 6. The van der Waals surface area contributed by atoms with Crippen LogP contribution < -0.4 is 14.8 Å². The number of nitrogens with zero attached hydrogens (tertiary/aromatic N) is 1. The SMILES string of the molecule is CC(F)COc1cccc(S(=O)(=O)NCc2ccc(CN3CC(=O)NC3=O)o2)c1. The van der Waals surface area contributed by atoms with Crippen molar-refractivity contribution in [3.8, 4) is 5.75 Å². The molecule has 0 bridgehead atoms. The number of ether oxygens (including phenoxy) is 1. The average molecular weight is 425 g/mol. The van der Waals surface area contributed by atoms with Crippen molar-refractivity contribution < 1.29 is 31.6 Å². The van der Waals surface area contributed by atoms with E-state index in [-0.39, 0.29) is 42.8 Å². The maximum absolute atomic E-state index is 12.9. The molecule has 1 atom stereocenters. The first-order valence-corrected chi connectivity index (χ1v) is 10.2. The van der Waals surface area contributed by atoms with Crippen LogP contribution in [-0.2, 0) is 27.9 Å². The number of carbonyl (C=O) groups is 2. The monoisotopic (exact) mass is 425 g/mol. The molecule has 2 heterocycles. The van der Waals surface area contributed by atoms with Crippen molar-refractivity contribution >= 4 is 22.0 Å². The number of rotatable bonds is 9. The van der Waals surface area contributed by atoms with E-state index in [1.54, 1.807) is 18.2 Å². The first-order valence-electron chi connectivity index (χ1n) is 8.76. The minimum atomic E-state index is -3.85. The molecule has 3 amide bonds. The Labute approximate surface area is 166 Å². The van der Waals surface area contributed by atoms with Gasteiger partial charge in [-0.2, -0.15) is 0 Å². The number of furan rings is 1. The molecule has 0 spiro atoms. The Bertz CT molecular complexity index is 1000. The molecule has 0 aliphatic carbocycles. The summed E-state index contributed by atoms with van der Waals surface area (Å²) in [6, 6.07) is 8.42. The molecule has 9 nitrogen and oxygen atoms in total. The van der Waals surface area contributed by atoms with E-state index in [2.05, 4.69) is 10.0 Å². The van der Waals surface area contributed by atoms with Crippen molar-refractivity contribution in [2.24, 2.45) is 0 Å². The van der Waals surface area contributed by atoms with Gasteiger partial charge in [0.05, 0.1) is 18.0 Å². The summed E-state index contributed by atoms with van der Waals surface area (Å²) in [7, 11) is -3.85. The maximum atomic E-state index is 12.9. The van der Waals surface area contributed by atoms with E-state index >= 15 is 0 Å². The predicted octanol–water partition coefficient (Wildman–Crippen LogP) is 1.55. The Morgan fingerprint density at radius 1 is 1.28 bits per heavy atom. The van der Waals surface area contributed by atoms with Gasteiger partial charge in [-0.05, 0) is 31.2 Å². The van der Waals surface area contributed by atoms with Gasteiger partial charge in [-0.3, -0.25) is 10.1 Å². The van der Waals surface area contributed by atoms with Crippen LogP contribution in [0.4, 0.5) is 9.18 Å². The third-order valence-electron chi connectivity index (χ3n) is 3.96. The highest BCUT2D eigenvalue weighted by Gasteiger charge is 2.27. The topological polar surface area (TPSA) is 118 Å². The van der Waals surface area contributed by atoms with Gasteiger partial charge in [0.2, 0.25) is 15.9 Å². The summed E-state index contributed by atoms with van der Waals surface area (Å²) in [5, 5.41) is 2.16. The molecule has 1 saturated heterocycles. The summed E-state index contributed by atoms with van der Waals surface area (Å²) in [4.78, 5) is 24.0. The van der Waals surface area contributed by atoms with E-state index in [1.807, 2.05) is 0 Å². The fraction of sp³-hybridized carbons (Fsp3) is 0.333. The van der Waals surface area contributed by atoms with Gasteiger partial charge in [0.1, 0.15) is 36.6 Å². The van der Waals surface area contributed by atoms with Gasteiger partial charge in [0.15, 0.2) is 0 Å². The van der Waals surface area contributed by atoms with Crippen LogP contribution in [0.5, 0.6) is 5.75 Å². The normalized spacial score (nSPS) is 15.4. The maximum Gasteiger partial charge on any atom is 0.324 e. The fourth-order valence-electron chi connectivity index (χ4n) is 2.59. The molecule has 0 saturated carbocycles. The molecule has 29 heavy (non-hydrogen) atoms. The van der Waals surface area contributed by atoms with Crippen LogP contribution in [0.1, 0.15) is 18.4 Å². The van der Waals surface area contributed by atoms with E-state index in [0.29, 0.717) is 11.5 Å². The van der Waals surface area contributed by atoms with Crippen LogP contribution in [0.3, 0.4) is 0 Å². The molecule has 3 rings (SSSR count). The van der Waals surface area contributed by atoms with Gasteiger partial charge in [0, 0.05) is 6.07 Å². The number of benzene rings is 1. The third-order valence-corrected chi connectivity index (χ3v) is 5.36. The van der Waals surface area contributed by atoms with Crippen molar-refractivity contribution in [3.05, 3.63) is 47.9 Å². The zero-order chi connectivity index (χ0) is 21.0. The van der Waals surface area contributed by atoms with E-state index < -0.39 is 22.2 Å². The molecule has 1 aromatic heterocycles. The number of nitrogens with one attached hydrogen (secondary N) is 2. The Morgan fingerprint density at radius 2 is 2.03 bits per heavy atom. The van der Waals surface area contributed by atoms with Crippen molar-refractivity contribution in [2.45, 2.75) is 31.1 Å². The second-order valence-electron chi connectivity index (χ2n) is 6.47. The lowest BCUT2D eigenvalue weighted by molar-refractivity contribution is -0.118. The quantitative estimate of drug-likeness (QED) is 0.589. The molecule has 1 aromatic carbocycles. The van der Waals surface area contributed by atoms with E-state index in [0.717, 1.165) is 0 Å². The van der Waals surface area contributed by atoms with Gasteiger partial charge in [-0.25, -0.2) is 22.3 Å². The van der Waals surface area contributed by atoms with Gasteiger partial charge >= 0.3 is 6.03 Å². The van der Waals surface area contributed by atoms with Gasteiger partial charge in [-0.15, -0.1) is 0 Å². The highest BCUT2D eigenvalue weighted by Crippen LogP contribution is 2.19. The number of hydrogen-bond donors (Lipinski definition) is 2. The van der Waals surface area contributed by atoms with Gasteiger partial charge < -0.3 is 14.1 Å². The third kappa shape index (κ3) is 5.55. The number of alkyl halides is 1. The Morgan fingerprint density at radius 3 is 2.72 bits per heavy atom. The summed E-state index contributed by atoms with van der Waals surface area (Å²) < 4.78 is 51.0. The largest absolute Gasteiger partial charge is 0.491 e. The van der Waals surface area contributed by atoms with Crippen molar-refractivity contribution in [3.63, 3.8) is 0 Å². The molecule has 0 radical (unpaired) electrons. The number of halogens is 1. The molecule has 156 valence electrons. The van der Waals surface area contributed by atoms with Gasteiger partial charge in [-0.1, -0.05) is 6.07 Å². The minimum absolute atomic E-state index is 0.0273. The summed E-state index contributed by atoms with van der Waals surface area (Å²) in [5.41, 5.74) is 0. The molecule has 11 heteroatoms. The second kappa shape index (κ2) is 8.62. The number of sulfonamides is 1. The molecular formula is C18H20FN3O6S. The van der Waals surface area contributed by atoms with Crippen LogP contribution in [-0.4, -0.2) is 44.6 Å². The standard InChI is InChI=1S/C18H20FN3O6S/c1-12(19)11-27-13-3-2-4-16(7-13)29(25,26)20-8-14-5-6-15(28-14)9-22-10-17(23)21-18(22)24/h2-7,12,20H,8-11H2,1H3,(H,21,23,24). The highest BCUT2D eigenvalue weighted by molar-refractivity contribution is 7.89. The molecule has 2 N–H and O–H groups in total. The van der Waals surface area contributed by atoms with Crippen molar-refractivity contribution in [2.75, 3.05) is 13.2 Å². The molecule has 2 aromatic rings. The summed E-state index contributed by atoms with van der Waals surface area (Å²) >= 11 is 0. The lowest BCUT2D eigenvalue weighted by atomic mass is 10.3. The number of carbonyl (C=O) groups excluding carboxylic acids is 2. The number of imide groups is 1. The van der Waals surface area contributed by atoms with Crippen LogP contribution in [0.2, 0.25) is 0 Å². The zero-order valence-electron chi connectivity index (χ0n) is 15.6. The predicted molar refractivity (Wildman–Crippen MR) is 99.2 cm³/mol. The summed E-state index contributed by atoms with van der Waals surface area (Å²) in [5.74, 6) is 0.616. The van der Waals surface area contributed by atoms with Crippen LogP contribution >= 0.6 is 0 Å². The molecular weight excluding hydrogens is 405 g/mol. The van der Waals surface area contributed by atoms with Crippen LogP contribution in [0.25, 0.3) is 0 Å². The Hall–Kier alpha value is -2.92. The number of amides is 3. The Balaban J connectivity index is 1.59. The van der Waals surface area contributed by atoms with E-state index in [1.165, 1.54) is 30.0 Å². The lowest BCUT2D eigenvalue weighted by Gasteiger charge is -2.11. The smallest absolute Gasteiger partial charge is 0.324 e. The van der Waals surface area contributed by atoms with Crippen LogP contribution in [0.15, 0.2) is 45.7 Å².